The fourth-order valence-corrected chi connectivity index (χ4v) is 2.93. The molecule has 2 heterocycles. The van der Waals surface area contributed by atoms with Crippen LogP contribution in [-0.4, -0.2) is 17.1 Å². The Morgan fingerprint density at radius 2 is 2.17 bits per heavy atom. The summed E-state index contributed by atoms with van der Waals surface area (Å²) in [5, 5.41) is 0.602. The highest BCUT2D eigenvalue weighted by atomic mass is 32.1. The number of hydrogen-bond donors (Lipinski definition) is 0. The van der Waals surface area contributed by atoms with Crippen molar-refractivity contribution in [3.63, 3.8) is 0 Å². The molecule has 0 bridgehead atoms. The van der Waals surface area contributed by atoms with E-state index >= 15 is 0 Å². The summed E-state index contributed by atoms with van der Waals surface area (Å²) in [6.45, 7) is 6.64. The number of rotatable bonds is 3. The number of thiophene rings is 1. The van der Waals surface area contributed by atoms with Crippen molar-refractivity contribution in [2.45, 2.75) is 27.3 Å². The molecule has 0 aliphatic carbocycles. The van der Waals surface area contributed by atoms with E-state index in [1.807, 2.05) is 24.5 Å². The maximum absolute atomic E-state index is 12.2. The van der Waals surface area contributed by atoms with Crippen LogP contribution in [0.15, 0.2) is 17.1 Å². The van der Waals surface area contributed by atoms with Crippen molar-refractivity contribution < 1.29 is 9.53 Å². The van der Waals surface area contributed by atoms with Gasteiger partial charge in [-0.05, 0) is 26.8 Å². The topological polar surface area (TPSA) is 48.3 Å². The molecular formula is C13H15NO3S. The molecule has 0 radical (unpaired) electrons. The molecule has 0 saturated heterocycles. The number of nitrogens with zero attached hydrogens (tertiary/aromatic N) is 1. The summed E-state index contributed by atoms with van der Waals surface area (Å²) < 4.78 is 6.83. The molecule has 5 heteroatoms. The smallest absolute Gasteiger partial charge is 0.343 e. The maximum atomic E-state index is 12.2. The van der Waals surface area contributed by atoms with E-state index in [1.54, 1.807) is 24.5 Å². The third-order valence-electron chi connectivity index (χ3n) is 2.71. The van der Waals surface area contributed by atoms with Gasteiger partial charge in [-0.2, -0.15) is 0 Å². The summed E-state index contributed by atoms with van der Waals surface area (Å²) in [7, 11) is 0. The molecule has 2 rings (SSSR count). The molecule has 18 heavy (non-hydrogen) atoms. The Balaban J connectivity index is 2.72. The van der Waals surface area contributed by atoms with Crippen LogP contribution in [-0.2, 0) is 11.3 Å². The average molecular weight is 265 g/mol. The lowest BCUT2D eigenvalue weighted by Gasteiger charge is -2.07. The molecule has 4 nitrogen and oxygen atoms in total. The van der Waals surface area contributed by atoms with Crippen molar-refractivity contribution in [3.8, 4) is 0 Å². The summed E-state index contributed by atoms with van der Waals surface area (Å²) in [6.07, 6.45) is 1.60. The van der Waals surface area contributed by atoms with Crippen LogP contribution in [0.2, 0.25) is 0 Å². The number of esters is 1. The van der Waals surface area contributed by atoms with Crippen LogP contribution in [0.5, 0.6) is 0 Å². The Bertz CT molecular complexity index is 654. The second-order valence-electron chi connectivity index (χ2n) is 3.95. The van der Waals surface area contributed by atoms with Crippen LogP contribution < -0.4 is 5.43 Å². The zero-order chi connectivity index (χ0) is 13.3. The minimum Gasteiger partial charge on any atom is -0.462 e. The van der Waals surface area contributed by atoms with E-state index in [2.05, 4.69) is 0 Å². The molecule has 0 aliphatic heterocycles. The van der Waals surface area contributed by atoms with Gasteiger partial charge in [0, 0.05) is 17.6 Å². The van der Waals surface area contributed by atoms with Crippen LogP contribution in [0, 0.1) is 6.92 Å². The first-order valence-electron chi connectivity index (χ1n) is 5.89. The van der Waals surface area contributed by atoms with Gasteiger partial charge in [-0.25, -0.2) is 4.79 Å². The van der Waals surface area contributed by atoms with E-state index in [9.17, 15) is 9.59 Å². The van der Waals surface area contributed by atoms with Crippen molar-refractivity contribution in [2.75, 3.05) is 6.61 Å². The minimum atomic E-state index is -0.546. The summed E-state index contributed by atoms with van der Waals surface area (Å²) in [6, 6.07) is 1.83. The highest BCUT2D eigenvalue weighted by molar-refractivity contribution is 7.18. The van der Waals surface area contributed by atoms with E-state index in [1.165, 1.54) is 0 Å². The number of carbonyl (C=O) groups is 1. The molecule has 96 valence electrons. The Labute approximate surface area is 109 Å². The highest BCUT2D eigenvalue weighted by Crippen LogP contribution is 2.23. The molecule has 0 amide bonds. The standard InChI is InChI=1S/C13H15NO3S/c1-4-14-7-10(13(16)17-5-2)11(15)9-6-8(3)18-12(9)14/h6-7H,4-5H2,1-3H3. The number of aryl methyl sites for hydroxylation is 2. The largest absolute Gasteiger partial charge is 0.462 e. The first-order valence-corrected chi connectivity index (χ1v) is 6.70. The van der Waals surface area contributed by atoms with Crippen molar-refractivity contribution in [2.24, 2.45) is 0 Å². The summed E-state index contributed by atoms with van der Waals surface area (Å²) in [5.41, 5.74) is -0.124. The molecule has 2 aromatic rings. The van der Waals surface area contributed by atoms with Gasteiger partial charge < -0.3 is 9.30 Å². The monoisotopic (exact) mass is 265 g/mol. The zero-order valence-corrected chi connectivity index (χ0v) is 11.5. The summed E-state index contributed by atoms with van der Waals surface area (Å²) in [5.74, 6) is -0.546. The quantitative estimate of drug-likeness (QED) is 0.801. The Morgan fingerprint density at radius 1 is 1.44 bits per heavy atom. The van der Waals surface area contributed by atoms with Crippen molar-refractivity contribution in [1.29, 1.82) is 0 Å². The normalized spacial score (nSPS) is 10.8. The molecule has 2 aromatic heterocycles. The number of ether oxygens (including phenoxy) is 1. The second kappa shape index (κ2) is 4.94. The van der Waals surface area contributed by atoms with Crippen molar-refractivity contribution >= 4 is 27.5 Å². The lowest BCUT2D eigenvalue weighted by atomic mass is 10.2. The number of fused-ring (bicyclic) bond motifs is 1. The fraction of sp³-hybridized carbons (Fsp3) is 0.385. The molecule has 0 atom stereocenters. The Kier molecular flexibility index (Phi) is 3.52. The van der Waals surface area contributed by atoms with E-state index in [4.69, 9.17) is 4.74 Å². The third-order valence-corrected chi connectivity index (χ3v) is 3.79. The lowest BCUT2D eigenvalue weighted by Crippen LogP contribution is -2.19. The van der Waals surface area contributed by atoms with E-state index in [0.717, 1.165) is 9.71 Å². The molecule has 0 unspecified atom stereocenters. The zero-order valence-electron chi connectivity index (χ0n) is 10.6. The maximum Gasteiger partial charge on any atom is 0.343 e. The number of aromatic nitrogens is 1. The van der Waals surface area contributed by atoms with Gasteiger partial charge in [0.15, 0.2) is 0 Å². The van der Waals surface area contributed by atoms with E-state index in [-0.39, 0.29) is 17.6 Å². The highest BCUT2D eigenvalue weighted by Gasteiger charge is 2.17. The molecule has 0 saturated carbocycles. The summed E-state index contributed by atoms with van der Waals surface area (Å²) >= 11 is 1.56. The number of pyridine rings is 1. The first-order chi connectivity index (χ1) is 8.58. The molecule has 0 aromatic carbocycles. The molecular weight excluding hydrogens is 250 g/mol. The van der Waals surface area contributed by atoms with Crippen LogP contribution >= 0.6 is 11.3 Å². The van der Waals surface area contributed by atoms with Gasteiger partial charge >= 0.3 is 5.97 Å². The van der Waals surface area contributed by atoms with Crippen molar-refractivity contribution in [3.05, 3.63) is 32.9 Å². The predicted molar refractivity (Wildman–Crippen MR) is 72.5 cm³/mol. The van der Waals surface area contributed by atoms with Gasteiger partial charge in [-0.15, -0.1) is 11.3 Å². The van der Waals surface area contributed by atoms with Crippen LogP contribution in [0.3, 0.4) is 0 Å². The molecule has 0 N–H and O–H groups in total. The van der Waals surface area contributed by atoms with E-state index in [0.29, 0.717) is 11.9 Å². The van der Waals surface area contributed by atoms with Gasteiger partial charge in [-0.1, -0.05) is 0 Å². The van der Waals surface area contributed by atoms with Crippen LogP contribution in [0.1, 0.15) is 29.1 Å². The Morgan fingerprint density at radius 3 is 2.78 bits per heavy atom. The van der Waals surface area contributed by atoms with Crippen LogP contribution in [0.25, 0.3) is 10.2 Å². The van der Waals surface area contributed by atoms with Gasteiger partial charge in [-0.3, -0.25) is 4.79 Å². The van der Waals surface area contributed by atoms with E-state index < -0.39 is 5.97 Å². The third kappa shape index (κ3) is 2.06. The molecule has 0 fully saturated rings. The predicted octanol–water partition coefficient (Wildman–Crippen LogP) is 2.57. The minimum absolute atomic E-state index is 0.115. The van der Waals surface area contributed by atoms with Gasteiger partial charge in [0.1, 0.15) is 10.4 Å². The average Bonchev–Trinajstić information content (AvgIpc) is 2.72. The van der Waals surface area contributed by atoms with Gasteiger partial charge in [0.25, 0.3) is 0 Å². The second-order valence-corrected chi connectivity index (χ2v) is 5.19. The van der Waals surface area contributed by atoms with Gasteiger partial charge in [0.05, 0.1) is 12.0 Å². The van der Waals surface area contributed by atoms with Crippen LogP contribution in [0.4, 0.5) is 0 Å². The SMILES string of the molecule is CCOC(=O)c1cn(CC)c2sc(C)cc2c1=O. The molecule has 0 spiro atoms. The number of hydrogen-bond acceptors (Lipinski definition) is 4. The lowest BCUT2D eigenvalue weighted by molar-refractivity contribution is 0.0524. The fourth-order valence-electron chi connectivity index (χ4n) is 1.89. The first kappa shape index (κ1) is 12.8. The number of carbonyl (C=O) groups excluding carboxylic acids is 1. The summed E-state index contributed by atoms with van der Waals surface area (Å²) in [4.78, 5) is 25.9. The Hall–Kier alpha value is -1.62. The van der Waals surface area contributed by atoms with Crippen molar-refractivity contribution in [1.82, 2.24) is 4.57 Å². The van der Waals surface area contributed by atoms with Gasteiger partial charge in [0.2, 0.25) is 5.43 Å². The molecule has 0 aliphatic rings.